The molecule has 0 amide bonds. The first-order valence-corrected chi connectivity index (χ1v) is 6.49. The standard InChI is InChI=1S/C13H16N2O7/c1-22-12(16)4-2-3-11(15(20)21)13(17)9-5-7-10(8-6-9)14(18)19/h5-8,11,13,17H,2-4H2,1H3/t11-,13-/m1/s1. The first kappa shape index (κ1) is 17.5. The lowest BCUT2D eigenvalue weighted by Gasteiger charge is -2.16. The Morgan fingerprint density at radius 1 is 1.27 bits per heavy atom. The normalized spacial score (nSPS) is 13.2. The van der Waals surface area contributed by atoms with Gasteiger partial charge in [0, 0.05) is 29.9 Å². The second-order valence-corrected chi connectivity index (χ2v) is 4.61. The maximum atomic E-state index is 11.1. The zero-order valence-electron chi connectivity index (χ0n) is 11.9. The zero-order chi connectivity index (χ0) is 16.7. The fourth-order valence-corrected chi connectivity index (χ4v) is 1.95. The van der Waals surface area contributed by atoms with Crippen LogP contribution < -0.4 is 0 Å². The molecule has 0 radical (unpaired) electrons. The van der Waals surface area contributed by atoms with Gasteiger partial charge in [0.1, 0.15) is 6.10 Å². The fraction of sp³-hybridized carbons (Fsp3) is 0.462. The first-order valence-electron chi connectivity index (χ1n) is 6.49. The largest absolute Gasteiger partial charge is 0.469 e. The molecule has 0 aliphatic carbocycles. The Hall–Kier alpha value is -2.55. The number of aliphatic hydroxyl groups is 1. The molecule has 0 aliphatic rings. The summed E-state index contributed by atoms with van der Waals surface area (Å²) in [6.45, 7) is 0. The zero-order valence-corrected chi connectivity index (χ0v) is 11.9. The Morgan fingerprint density at radius 3 is 2.32 bits per heavy atom. The van der Waals surface area contributed by atoms with Crippen molar-refractivity contribution in [3.8, 4) is 0 Å². The Morgan fingerprint density at radius 2 is 1.86 bits per heavy atom. The lowest BCUT2D eigenvalue weighted by atomic mass is 9.98. The van der Waals surface area contributed by atoms with Gasteiger partial charge in [0.15, 0.2) is 0 Å². The van der Waals surface area contributed by atoms with Gasteiger partial charge in [-0.25, -0.2) is 0 Å². The minimum absolute atomic E-state index is 0.0136. The number of esters is 1. The molecular formula is C13H16N2O7. The first-order chi connectivity index (χ1) is 10.4. The topological polar surface area (TPSA) is 133 Å². The minimum Gasteiger partial charge on any atom is -0.469 e. The molecule has 0 heterocycles. The van der Waals surface area contributed by atoms with E-state index in [4.69, 9.17) is 0 Å². The predicted molar refractivity (Wildman–Crippen MR) is 74.7 cm³/mol. The van der Waals surface area contributed by atoms with Crippen LogP contribution in [0, 0.1) is 20.2 Å². The second kappa shape index (κ2) is 8.03. The highest BCUT2D eigenvalue weighted by Gasteiger charge is 2.31. The Kier molecular flexibility index (Phi) is 6.39. The van der Waals surface area contributed by atoms with Gasteiger partial charge in [-0.05, 0) is 24.1 Å². The van der Waals surface area contributed by atoms with E-state index in [-0.39, 0.29) is 30.5 Å². The molecule has 120 valence electrons. The predicted octanol–water partition coefficient (Wildman–Crippen LogP) is 1.62. The van der Waals surface area contributed by atoms with E-state index in [1.165, 1.54) is 31.4 Å². The molecule has 0 unspecified atom stereocenters. The average molecular weight is 312 g/mol. The highest BCUT2D eigenvalue weighted by Crippen LogP contribution is 2.24. The molecule has 1 N–H and O–H groups in total. The number of non-ortho nitro benzene ring substituents is 1. The number of carbonyl (C=O) groups excluding carboxylic acids is 1. The van der Waals surface area contributed by atoms with Crippen molar-refractivity contribution in [1.82, 2.24) is 0 Å². The van der Waals surface area contributed by atoms with Crippen molar-refractivity contribution in [2.45, 2.75) is 31.4 Å². The molecule has 0 aliphatic heterocycles. The van der Waals surface area contributed by atoms with Crippen LogP contribution in [0.4, 0.5) is 5.69 Å². The van der Waals surface area contributed by atoms with Gasteiger partial charge in [-0.1, -0.05) is 0 Å². The van der Waals surface area contributed by atoms with Crippen LogP contribution in [0.1, 0.15) is 30.9 Å². The molecule has 0 spiro atoms. The van der Waals surface area contributed by atoms with Crippen LogP contribution in [0.15, 0.2) is 24.3 Å². The Bertz CT molecular complexity index is 544. The van der Waals surface area contributed by atoms with Crippen molar-refractivity contribution in [3.05, 3.63) is 50.1 Å². The third-order valence-corrected chi connectivity index (χ3v) is 3.19. The molecule has 0 bridgehead atoms. The summed E-state index contributed by atoms with van der Waals surface area (Å²) < 4.78 is 4.44. The van der Waals surface area contributed by atoms with Crippen LogP contribution >= 0.6 is 0 Å². The van der Waals surface area contributed by atoms with Crippen LogP contribution in [-0.4, -0.2) is 34.1 Å². The summed E-state index contributed by atoms with van der Waals surface area (Å²) in [6, 6.07) is 3.60. The van der Waals surface area contributed by atoms with Crippen LogP contribution in [0.5, 0.6) is 0 Å². The molecule has 9 nitrogen and oxygen atoms in total. The van der Waals surface area contributed by atoms with Crippen molar-refractivity contribution in [1.29, 1.82) is 0 Å². The van der Waals surface area contributed by atoms with Gasteiger partial charge in [-0.2, -0.15) is 0 Å². The molecule has 0 saturated carbocycles. The van der Waals surface area contributed by atoms with Crippen molar-refractivity contribution in [2.24, 2.45) is 0 Å². The van der Waals surface area contributed by atoms with E-state index < -0.39 is 28.0 Å². The maximum Gasteiger partial charge on any atom is 0.305 e. The molecule has 1 rings (SSSR count). The molecule has 22 heavy (non-hydrogen) atoms. The summed E-state index contributed by atoms with van der Waals surface area (Å²) in [5.74, 6) is -0.480. The molecule has 1 aromatic carbocycles. The van der Waals surface area contributed by atoms with Gasteiger partial charge >= 0.3 is 5.97 Å². The van der Waals surface area contributed by atoms with Gasteiger partial charge in [0.25, 0.3) is 5.69 Å². The summed E-state index contributed by atoms with van der Waals surface area (Å²) in [4.78, 5) is 31.4. The molecule has 2 atom stereocenters. The number of ether oxygens (including phenoxy) is 1. The molecule has 1 aromatic rings. The van der Waals surface area contributed by atoms with Crippen molar-refractivity contribution < 1.29 is 24.5 Å². The van der Waals surface area contributed by atoms with Crippen molar-refractivity contribution in [2.75, 3.05) is 7.11 Å². The maximum absolute atomic E-state index is 11.1. The number of hydrogen-bond acceptors (Lipinski definition) is 7. The SMILES string of the molecule is COC(=O)CCC[C@H]([C@H](O)c1ccc([N+](=O)[O-])cc1)[N+](=O)[O-]. The van der Waals surface area contributed by atoms with Crippen LogP contribution in [-0.2, 0) is 9.53 Å². The number of carbonyl (C=O) groups is 1. The van der Waals surface area contributed by atoms with E-state index >= 15 is 0 Å². The molecule has 0 saturated heterocycles. The highest BCUT2D eigenvalue weighted by atomic mass is 16.6. The van der Waals surface area contributed by atoms with Gasteiger partial charge in [0.05, 0.1) is 12.0 Å². The number of methoxy groups -OCH3 is 1. The van der Waals surface area contributed by atoms with Crippen LogP contribution in [0.3, 0.4) is 0 Å². The number of aliphatic hydroxyl groups excluding tert-OH is 1. The number of nitro benzene ring substituents is 1. The number of rotatable bonds is 8. The van der Waals surface area contributed by atoms with Crippen LogP contribution in [0.25, 0.3) is 0 Å². The van der Waals surface area contributed by atoms with E-state index in [1.54, 1.807) is 0 Å². The second-order valence-electron chi connectivity index (χ2n) is 4.61. The lowest BCUT2D eigenvalue weighted by Crippen LogP contribution is -2.27. The number of nitro groups is 2. The van der Waals surface area contributed by atoms with Crippen LogP contribution in [0.2, 0.25) is 0 Å². The quantitative estimate of drug-likeness (QED) is 0.438. The van der Waals surface area contributed by atoms with Gasteiger partial charge in [0.2, 0.25) is 6.04 Å². The van der Waals surface area contributed by atoms with Gasteiger partial charge in [-0.3, -0.25) is 25.0 Å². The fourth-order valence-electron chi connectivity index (χ4n) is 1.95. The van der Waals surface area contributed by atoms with E-state index in [9.17, 15) is 30.1 Å². The molecule has 0 fully saturated rings. The number of hydrogen-bond donors (Lipinski definition) is 1. The summed E-state index contributed by atoms with van der Waals surface area (Å²) in [5.41, 5.74) is 0.0460. The molecule has 0 aromatic heterocycles. The van der Waals surface area contributed by atoms with E-state index in [0.29, 0.717) is 0 Å². The summed E-state index contributed by atoms with van der Waals surface area (Å²) in [7, 11) is 1.22. The lowest BCUT2D eigenvalue weighted by molar-refractivity contribution is -0.536. The Labute approximate surface area is 125 Å². The molecule has 9 heteroatoms. The van der Waals surface area contributed by atoms with E-state index in [0.717, 1.165) is 0 Å². The summed E-state index contributed by atoms with van der Waals surface area (Å²) >= 11 is 0. The Balaban J connectivity index is 2.75. The van der Waals surface area contributed by atoms with E-state index in [1.807, 2.05) is 0 Å². The summed E-state index contributed by atoms with van der Waals surface area (Å²) in [6.07, 6.45) is -1.20. The third kappa shape index (κ3) is 4.77. The van der Waals surface area contributed by atoms with Gasteiger partial charge < -0.3 is 9.84 Å². The van der Waals surface area contributed by atoms with Crippen molar-refractivity contribution in [3.63, 3.8) is 0 Å². The molecular weight excluding hydrogens is 296 g/mol. The average Bonchev–Trinajstić information content (AvgIpc) is 2.50. The van der Waals surface area contributed by atoms with Gasteiger partial charge in [-0.15, -0.1) is 0 Å². The smallest absolute Gasteiger partial charge is 0.305 e. The van der Waals surface area contributed by atoms with E-state index in [2.05, 4.69) is 4.74 Å². The number of benzene rings is 1. The minimum atomic E-state index is -1.41. The highest BCUT2D eigenvalue weighted by molar-refractivity contribution is 5.68. The summed E-state index contributed by atoms with van der Waals surface area (Å²) in [5, 5.41) is 31.7. The monoisotopic (exact) mass is 312 g/mol. The third-order valence-electron chi connectivity index (χ3n) is 3.19. The number of nitrogens with zero attached hydrogens (tertiary/aromatic N) is 2. The van der Waals surface area contributed by atoms with Crippen molar-refractivity contribution >= 4 is 11.7 Å².